The maximum absolute atomic E-state index is 9.31. The average Bonchev–Trinajstić information content (AvgIpc) is 2.74. The third-order valence-corrected chi connectivity index (χ3v) is 4.71. The van der Waals surface area contributed by atoms with Crippen LogP contribution >= 0.6 is 0 Å². The summed E-state index contributed by atoms with van der Waals surface area (Å²) >= 11 is 0. The molecule has 106 valence electrons. The predicted molar refractivity (Wildman–Crippen MR) is 73.6 cm³/mol. The summed E-state index contributed by atoms with van der Waals surface area (Å²) < 4.78 is 6.32. The van der Waals surface area contributed by atoms with Gasteiger partial charge in [0.25, 0.3) is 0 Å². The van der Waals surface area contributed by atoms with E-state index < -0.39 is 0 Å². The first-order valence-corrected chi connectivity index (χ1v) is 7.67. The Kier molecular flexibility index (Phi) is 5.05. The molecule has 1 saturated carbocycles. The molecule has 2 unspecified atom stereocenters. The fourth-order valence-corrected chi connectivity index (χ4v) is 3.40. The van der Waals surface area contributed by atoms with Crippen molar-refractivity contribution >= 4 is 0 Å². The summed E-state index contributed by atoms with van der Waals surface area (Å²) in [6, 6.07) is 0.205. The molecule has 0 radical (unpaired) electrons. The Morgan fingerprint density at radius 2 is 1.94 bits per heavy atom. The maximum Gasteiger partial charge on any atom is 0.0708 e. The second kappa shape index (κ2) is 6.36. The van der Waals surface area contributed by atoms with Gasteiger partial charge in [-0.1, -0.05) is 33.1 Å². The summed E-state index contributed by atoms with van der Waals surface area (Å²) in [4.78, 5) is 0. The van der Waals surface area contributed by atoms with E-state index in [0.29, 0.717) is 12.0 Å². The van der Waals surface area contributed by atoms with Crippen LogP contribution in [0.15, 0.2) is 0 Å². The zero-order valence-corrected chi connectivity index (χ0v) is 12.0. The lowest BCUT2D eigenvalue weighted by molar-refractivity contribution is -0.0635. The fourth-order valence-electron chi connectivity index (χ4n) is 3.40. The van der Waals surface area contributed by atoms with Gasteiger partial charge < -0.3 is 15.2 Å². The standard InChI is InChI=1S/C15H29NO2/c1-12(2)14(11-17)16-10-13-6-9-15(18-13)7-4-3-5-8-15/h12-14,16-17H,3-11H2,1-2H3. The van der Waals surface area contributed by atoms with Gasteiger partial charge in [-0.15, -0.1) is 0 Å². The Labute approximate surface area is 111 Å². The van der Waals surface area contributed by atoms with Crippen LogP contribution in [0.3, 0.4) is 0 Å². The van der Waals surface area contributed by atoms with E-state index in [1.54, 1.807) is 0 Å². The lowest BCUT2D eigenvalue weighted by Gasteiger charge is -2.33. The van der Waals surface area contributed by atoms with Crippen molar-refractivity contribution in [2.45, 2.75) is 76.5 Å². The molecule has 1 aliphatic carbocycles. The molecule has 2 fully saturated rings. The second-order valence-electron chi connectivity index (χ2n) is 6.46. The van der Waals surface area contributed by atoms with Crippen molar-refractivity contribution in [3.05, 3.63) is 0 Å². The highest BCUT2D eigenvalue weighted by Gasteiger charge is 2.40. The highest BCUT2D eigenvalue weighted by atomic mass is 16.5. The molecule has 2 atom stereocenters. The Balaban J connectivity index is 1.75. The smallest absolute Gasteiger partial charge is 0.0708 e. The van der Waals surface area contributed by atoms with Crippen molar-refractivity contribution in [2.75, 3.05) is 13.2 Å². The van der Waals surface area contributed by atoms with Crippen molar-refractivity contribution in [1.29, 1.82) is 0 Å². The minimum absolute atomic E-state index is 0.205. The molecule has 0 amide bonds. The highest BCUT2D eigenvalue weighted by molar-refractivity contribution is 4.92. The molecule has 3 nitrogen and oxygen atoms in total. The van der Waals surface area contributed by atoms with Crippen LogP contribution in [0.5, 0.6) is 0 Å². The number of hydrogen-bond donors (Lipinski definition) is 2. The first-order valence-electron chi connectivity index (χ1n) is 7.67. The molecular formula is C15H29NO2. The van der Waals surface area contributed by atoms with Gasteiger partial charge >= 0.3 is 0 Å². The molecule has 2 aliphatic rings. The van der Waals surface area contributed by atoms with Crippen molar-refractivity contribution in [2.24, 2.45) is 5.92 Å². The summed E-state index contributed by atoms with van der Waals surface area (Å²) in [5.74, 6) is 0.472. The maximum atomic E-state index is 9.31. The molecule has 0 aromatic carbocycles. The SMILES string of the molecule is CC(C)C(CO)NCC1CCC2(CCCCC2)O1. The number of aliphatic hydroxyl groups excluding tert-OH is 1. The molecule has 0 aromatic heterocycles. The van der Waals surface area contributed by atoms with Crippen molar-refractivity contribution in [3.63, 3.8) is 0 Å². The summed E-state index contributed by atoms with van der Waals surface area (Å²) in [5, 5.41) is 12.8. The van der Waals surface area contributed by atoms with E-state index in [1.807, 2.05) is 0 Å². The number of aliphatic hydroxyl groups is 1. The van der Waals surface area contributed by atoms with E-state index in [0.717, 1.165) is 6.54 Å². The topological polar surface area (TPSA) is 41.5 Å². The molecule has 1 spiro atoms. The molecule has 18 heavy (non-hydrogen) atoms. The van der Waals surface area contributed by atoms with Gasteiger partial charge in [0.05, 0.1) is 18.3 Å². The number of nitrogens with one attached hydrogen (secondary N) is 1. The monoisotopic (exact) mass is 255 g/mol. The van der Waals surface area contributed by atoms with E-state index in [2.05, 4.69) is 19.2 Å². The Hall–Kier alpha value is -0.120. The quantitative estimate of drug-likeness (QED) is 0.793. The number of rotatable bonds is 5. The van der Waals surface area contributed by atoms with Crippen LogP contribution in [0, 0.1) is 5.92 Å². The van der Waals surface area contributed by atoms with Gasteiger partial charge in [-0.05, 0) is 31.6 Å². The Morgan fingerprint density at radius 1 is 1.22 bits per heavy atom. The molecule has 1 saturated heterocycles. The largest absolute Gasteiger partial charge is 0.395 e. The minimum Gasteiger partial charge on any atom is -0.395 e. The van der Waals surface area contributed by atoms with E-state index in [1.165, 1.54) is 44.9 Å². The lowest BCUT2D eigenvalue weighted by atomic mass is 9.83. The van der Waals surface area contributed by atoms with Gasteiger partial charge in [-0.3, -0.25) is 0 Å². The molecule has 3 heteroatoms. The molecular weight excluding hydrogens is 226 g/mol. The first kappa shape index (κ1) is 14.3. The number of ether oxygens (including phenoxy) is 1. The zero-order valence-electron chi connectivity index (χ0n) is 12.0. The minimum atomic E-state index is 0.205. The van der Waals surface area contributed by atoms with Gasteiger partial charge in [0.2, 0.25) is 0 Å². The average molecular weight is 255 g/mol. The lowest BCUT2D eigenvalue weighted by Crippen LogP contribution is -2.42. The van der Waals surface area contributed by atoms with Crippen LogP contribution in [-0.2, 0) is 4.74 Å². The molecule has 0 bridgehead atoms. The molecule has 0 aromatic rings. The summed E-state index contributed by atoms with van der Waals surface area (Å²) in [6.45, 7) is 5.40. The molecule has 2 rings (SSSR count). The number of hydrogen-bond acceptors (Lipinski definition) is 3. The van der Waals surface area contributed by atoms with Crippen LogP contribution in [0.1, 0.15) is 58.8 Å². The summed E-state index contributed by atoms with van der Waals surface area (Å²) in [5.41, 5.74) is 0.219. The van der Waals surface area contributed by atoms with E-state index >= 15 is 0 Å². The van der Waals surface area contributed by atoms with Gasteiger partial charge in [0.1, 0.15) is 0 Å². The predicted octanol–water partition coefficient (Wildman–Crippen LogP) is 2.47. The van der Waals surface area contributed by atoms with Crippen LogP contribution in [-0.4, -0.2) is 36.0 Å². The van der Waals surface area contributed by atoms with Gasteiger partial charge in [0, 0.05) is 12.6 Å². The highest BCUT2D eigenvalue weighted by Crippen LogP contribution is 2.41. The van der Waals surface area contributed by atoms with E-state index in [-0.39, 0.29) is 18.2 Å². The third-order valence-electron chi connectivity index (χ3n) is 4.71. The summed E-state index contributed by atoms with van der Waals surface area (Å²) in [7, 11) is 0. The van der Waals surface area contributed by atoms with Gasteiger partial charge in [-0.2, -0.15) is 0 Å². The zero-order chi connectivity index (χ0) is 13.0. The van der Waals surface area contributed by atoms with Crippen LogP contribution in [0.2, 0.25) is 0 Å². The van der Waals surface area contributed by atoms with E-state index in [9.17, 15) is 5.11 Å². The Morgan fingerprint density at radius 3 is 2.56 bits per heavy atom. The normalized spacial score (nSPS) is 29.0. The van der Waals surface area contributed by atoms with Crippen LogP contribution in [0.4, 0.5) is 0 Å². The van der Waals surface area contributed by atoms with Crippen molar-refractivity contribution in [1.82, 2.24) is 5.32 Å². The molecule has 1 heterocycles. The van der Waals surface area contributed by atoms with Crippen molar-refractivity contribution < 1.29 is 9.84 Å². The summed E-state index contributed by atoms with van der Waals surface area (Å²) in [6.07, 6.45) is 9.36. The van der Waals surface area contributed by atoms with Crippen LogP contribution < -0.4 is 5.32 Å². The van der Waals surface area contributed by atoms with E-state index in [4.69, 9.17) is 4.74 Å². The second-order valence-corrected chi connectivity index (χ2v) is 6.46. The van der Waals surface area contributed by atoms with Crippen LogP contribution in [0.25, 0.3) is 0 Å². The third kappa shape index (κ3) is 3.46. The van der Waals surface area contributed by atoms with Gasteiger partial charge in [-0.25, -0.2) is 0 Å². The first-order chi connectivity index (χ1) is 8.65. The molecule has 1 aliphatic heterocycles. The molecule has 2 N–H and O–H groups in total. The van der Waals surface area contributed by atoms with Crippen molar-refractivity contribution in [3.8, 4) is 0 Å². The fraction of sp³-hybridized carbons (Fsp3) is 1.00. The van der Waals surface area contributed by atoms with Gasteiger partial charge in [0.15, 0.2) is 0 Å². The Bertz CT molecular complexity index is 249.